The molecule has 0 heterocycles. The third-order valence-electron chi connectivity index (χ3n) is 2.86. The van der Waals surface area contributed by atoms with Gasteiger partial charge in [0, 0.05) is 35.5 Å². The molecule has 1 aromatic rings. The van der Waals surface area contributed by atoms with Gasteiger partial charge in [0.25, 0.3) is 0 Å². The first kappa shape index (κ1) is 17.2. The Hall–Kier alpha value is -0.810. The lowest BCUT2D eigenvalue weighted by atomic mass is 10.2. The van der Waals surface area contributed by atoms with E-state index in [-0.39, 0.29) is 4.75 Å². The van der Waals surface area contributed by atoms with Crippen molar-refractivity contribution in [3.63, 3.8) is 0 Å². The van der Waals surface area contributed by atoms with E-state index in [0.29, 0.717) is 0 Å². The first-order valence-electron chi connectivity index (χ1n) is 6.75. The highest BCUT2D eigenvalue weighted by Crippen LogP contribution is 2.19. The Balaban J connectivity index is 2.22. The van der Waals surface area contributed by atoms with E-state index < -0.39 is 0 Å². The van der Waals surface area contributed by atoms with E-state index >= 15 is 0 Å². The monoisotopic (exact) mass is 311 g/mol. The van der Waals surface area contributed by atoms with Crippen LogP contribution in [0.25, 0.3) is 0 Å². The topological polar surface area (TPSA) is 36.4 Å². The van der Waals surface area contributed by atoms with Crippen LogP contribution in [0.3, 0.4) is 0 Å². The van der Waals surface area contributed by atoms with Gasteiger partial charge in [-0.05, 0) is 32.2 Å². The zero-order chi connectivity index (χ0) is 14.8. The van der Waals surface area contributed by atoms with Crippen molar-refractivity contribution in [1.82, 2.24) is 10.6 Å². The molecule has 0 aliphatic heterocycles. The van der Waals surface area contributed by atoms with Crippen molar-refractivity contribution in [2.45, 2.75) is 23.5 Å². The summed E-state index contributed by atoms with van der Waals surface area (Å²) in [5, 5.41) is 6.71. The fourth-order valence-corrected chi connectivity index (χ4v) is 2.45. The summed E-state index contributed by atoms with van der Waals surface area (Å²) in [6.07, 6.45) is 2.13. The van der Waals surface area contributed by atoms with E-state index in [1.807, 2.05) is 36.6 Å². The largest absolute Gasteiger partial charge is 0.356 e. The lowest BCUT2D eigenvalue weighted by Gasteiger charge is -2.23. The summed E-state index contributed by atoms with van der Waals surface area (Å²) in [5.41, 5.74) is 0. The highest BCUT2D eigenvalue weighted by molar-refractivity contribution is 8.00. The molecule has 1 aromatic carbocycles. The van der Waals surface area contributed by atoms with Gasteiger partial charge in [0.05, 0.1) is 0 Å². The molecule has 0 saturated heterocycles. The molecule has 20 heavy (non-hydrogen) atoms. The minimum atomic E-state index is 0.219. The minimum Gasteiger partial charge on any atom is -0.356 e. The number of nitrogens with one attached hydrogen (secondary N) is 2. The molecule has 2 N–H and O–H groups in total. The molecule has 1 rings (SSSR count). The van der Waals surface area contributed by atoms with Gasteiger partial charge in [-0.25, -0.2) is 0 Å². The molecular weight excluding hydrogens is 286 g/mol. The molecule has 0 atom stereocenters. The summed E-state index contributed by atoms with van der Waals surface area (Å²) >= 11 is 3.71. The maximum Gasteiger partial charge on any atom is 0.191 e. The highest BCUT2D eigenvalue weighted by Gasteiger charge is 2.15. The van der Waals surface area contributed by atoms with Crippen LogP contribution in [-0.4, -0.2) is 42.9 Å². The van der Waals surface area contributed by atoms with Gasteiger partial charge in [-0.3, -0.25) is 4.99 Å². The van der Waals surface area contributed by atoms with E-state index in [1.165, 1.54) is 4.90 Å². The van der Waals surface area contributed by atoms with E-state index in [4.69, 9.17) is 0 Å². The minimum absolute atomic E-state index is 0.219. The lowest BCUT2D eigenvalue weighted by Crippen LogP contribution is -2.43. The standard InChI is InChI=1S/C15H25N3S2/c1-15(2,19-4)12-18-14(16-3)17-10-11-20-13-8-6-5-7-9-13/h5-9H,10-12H2,1-4H3,(H2,16,17,18). The molecule has 0 aromatic heterocycles. The van der Waals surface area contributed by atoms with Gasteiger partial charge in [-0.15, -0.1) is 11.8 Å². The van der Waals surface area contributed by atoms with Gasteiger partial charge < -0.3 is 10.6 Å². The normalized spacial score (nSPS) is 12.3. The van der Waals surface area contributed by atoms with Gasteiger partial charge in [-0.2, -0.15) is 11.8 Å². The molecule has 0 fully saturated rings. The summed E-state index contributed by atoms with van der Waals surface area (Å²) < 4.78 is 0.219. The number of rotatable bonds is 7. The third-order valence-corrected chi connectivity index (χ3v) is 5.13. The molecule has 112 valence electrons. The smallest absolute Gasteiger partial charge is 0.191 e. The van der Waals surface area contributed by atoms with Crippen LogP contribution in [0.2, 0.25) is 0 Å². The van der Waals surface area contributed by atoms with Gasteiger partial charge in [0.15, 0.2) is 5.96 Å². The average Bonchev–Trinajstić information content (AvgIpc) is 2.47. The summed E-state index contributed by atoms with van der Waals surface area (Å²) in [6, 6.07) is 10.5. The molecule has 0 radical (unpaired) electrons. The number of nitrogens with zero attached hydrogens (tertiary/aromatic N) is 1. The van der Waals surface area contributed by atoms with E-state index in [2.05, 4.69) is 60.0 Å². The highest BCUT2D eigenvalue weighted by atomic mass is 32.2. The van der Waals surface area contributed by atoms with Crippen molar-refractivity contribution in [3.05, 3.63) is 30.3 Å². The quantitative estimate of drug-likeness (QED) is 0.351. The molecule has 0 amide bonds. The molecule has 0 spiro atoms. The van der Waals surface area contributed by atoms with Gasteiger partial charge in [0.1, 0.15) is 0 Å². The first-order valence-corrected chi connectivity index (χ1v) is 8.96. The van der Waals surface area contributed by atoms with Crippen molar-refractivity contribution in [2.75, 3.05) is 32.1 Å². The van der Waals surface area contributed by atoms with E-state index in [1.54, 1.807) is 0 Å². The Kier molecular flexibility index (Phi) is 7.92. The van der Waals surface area contributed by atoms with Crippen LogP contribution >= 0.6 is 23.5 Å². The van der Waals surface area contributed by atoms with E-state index in [9.17, 15) is 0 Å². The Morgan fingerprint density at radius 1 is 1.20 bits per heavy atom. The van der Waals surface area contributed by atoms with Crippen LogP contribution in [-0.2, 0) is 0 Å². The van der Waals surface area contributed by atoms with Crippen LogP contribution in [0.1, 0.15) is 13.8 Å². The van der Waals surface area contributed by atoms with Crippen molar-refractivity contribution in [3.8, 4) is 0 Å². The Morgan fingerprint density at radius 2 is 1.90 bits per heavy atom. The van der Waals surface area contributed by atoms with Crippen LogP contribution in [0.4, 0.5) is 0 Å². The number of thioether (sulfide) groups is 2. The summed E-state index contributed by atoms with van der Waals surface area (Å²) in [5.74, 6) is 1.90. The second kappa shape index (κ2) is 9.19. The summed E-state index contributed by atoms with van der Waals surface area (Å²) in [6.45, 7) is 6.25. The lowest BCUT2D eigenvalue weighted by molar-refractivity contribution is 0.667. The predicted octanol–water partition coefficient (Wildman–Crippen LogP) is 3.09. The molecule has 0 aliphatic carbocycles. The molecule has 3 nitrogen and oxygen atoms in total. The second-order valence-electron chi connectivity index (χ2n) is 4.98. The summed E-state index contributed by atoms with van der Waals surface area (Å²) in [7, 11) is 1.81. The molecule has 0 bridgehead atoms. The maximum absolute atomic E-state index is 4.25. The first-order chi connectivity index (χ1) is 9.57. The Labute approximate surface area is 131 Å². The number of aliphatic imine (C=N–C) groups is 1. The Morgan fingerprint density at radius 3 is 2.50 bits per heavy atom. The van der Waals surface area contributed by atoms with Crippen LogP contribution in [0.15, 0.2) is 40.2 Å². The van der Waals surface area contributed by atoms with Crippen molar-refractivity contribution >= 4 is 29.5 Å². The second-order valence-corrected chi connectivity index (χ2v) is 7.66. The number of hydrogen-bond acceptors (Lipinski definition) is 3. The van der Waals surface area contributed by atoms with E-state index in [0.717, 1.165) is 24.8 Å². The molecule has 5 heteroatoms. The molecule has 0 aliphatic rings. The SMILES string of the molecule is CN=C(NCCSc1ccccc1)NCC(C)(C)SC. The fraction of sp³-hybridized carbons (Fsp3) is 0.533. The molecular formula is C15H25N3S2. The predicted molar refractivity (Wildman–Crippen MR) is 94.1 cm³/mol. The van der Waals surface area contributed by atoms with Crippen LogP contribution in [0, 0.1) is 0 Å². The Bertz CT molecular complexity index is 405. The number of hydrogen-bond donors (Lipinski definition) is 2. The molecule has 0 saturated carbocycles. The van der Waals surface area contributed by atoms with Crippen molar-refractivity contribution in [2.24, 2.45) is 4.99 Å². The van der Waals surface area contributed by atoms with Crippen LogP contribution in [0.5, 0.6) is 0 Å². The fourth-order valence-electron chi connectivity index (χ4n) is 1.44. The zero-order valence-corrected chi connectivity index (χ0v) is 14.4. The van der Waals surface area contributed by atoms with Crippen molar-refractivity contribution in [1.29, 1.82) is 0 Å². The van der Waals surface area contributed by atoms with Gasteiger partial charge >= 0.3 is 0 Å². The summed E-state index contributed by atoms with van der Waals surface area (Å²) in [4.78, 5) is 5.55. The van der Waals surface area contributed by atoms with Crippen LogP contribution < -0.4 is 10.6 Å². The number of guanidine groups is 1. The zero-order valence-electron chi connectivity index (χ0n) is 12.8. The van der Waals surface area contributed by atoms with Gasteiger partial charge in [-0.1, -0.05) is 18.2 Å². The third kappa shape index (κ3) is 7.10. The van der Waals surface area contributed by atoms with Crippen molar-refractivity contribution < 1.29 is 0 Å². The van der Waals surface area contributed by atoms with Gasteiger partial charge in [0.2, 0.25) is 0 Å². The average molecular weight is 312 g/mol. The number of benzene rings is 1. The maximum atomic E-state index is 4.25. The molecule has 0 unspecified atom stereocenters.